The number of carbonyl (C=O) groups excluding carboxylic acids is 2. The van der Waals surface area contributed by atoms with Crippen molar-refractivity contribution in [3.05, 3.63) is 75.3 Å². The highest BCUT2D eigenvalue weighted by atomic mass is 79.9. The maximum Gasteiger partial charge on any atom is 0.295 e. The van der Waals surface area contributed by atoms with Crippen LogP contribution in [0.25, 0.3) is 5.76 Å². The lowest BCUT2D eigenvalue weighted by atomic mass is 9.93. The number of ketones is 1. The second-order valence-corrected chi connectivity index (χ2v) is 11.1. The molecule has 3 rings (SSSR count). The van der Waals surface area contributed by atoms with Crippen LogP contribution in [0.5, 0.6) is 0 Å². The minimum atomic E-state index is -0.618. The third-order valence-electron chi connectivity index (χ3n) is 7.11. The number of aliphatic hydroxyl groups is 1. The smallest absolute Gasteiger partial charge is 0.295 e. The molecule has 1 atom stereocenters. The normalized spacial score (nSPS) is 17.4. The van der Waals surface area contributed by atoms with Crippen molar-refractivity contribution in [3.63, 3.8) is 0 Å². The van der Waals surface area contributed by atoms with E-state index in [0.717, 1.165) is 61.8 Å². The Morgan fingerprint density at radius 3 is 2.03 bits per heavy atom. The first kappa shape index (κ1) is 29.1. The van der Waals surface area contributed by atoms with Crippen LogP contribution in [0.15, 0.2) is 58.6 Å². The minimum absolute atomic E-state index is 0.126. The largest absolute Gasteiger partial charge is 0.507 e. The van der Waals surface area contributed by atoms with Crippen LogP contribution in [0.1, 0.15) is 88.4 Å². The summed E-state index contributed by atoms with van der Waals surface area (Å²) in [6.07, 6.45) is 5.39. The second-order valence-electron chi connectivity index (χ2n) is 10.2. The fraction of sp³-hybridized carbons (Fsp3) is 0.484. The third-order valence-corrected chi connectivity index (χ3v) is 7.63. The van der Waals surface area contributed by atoms with Crippen molar-refractivity contribution in [2.75, 3.05) is 26.2 Å². The first-order valence-corrected chi connectivity index (χ1v) is 14.4. The number of Topliss-reactive ketones (excluding diaryl/α,β-unsaturated/α-hetero) is 1. The number of amides is 1. The first-order chi connectivity index (χ1) is 17.8. The lowest BCUT2D eigenvalue weighted by Crippen LogP contribution is -2.34. The van der Waals surface area contributed by atoms with Crippen molar-refractivity contribution in [2.24, 2.45) is 0 Å². The minimum Gasteiger partial charge on any atom is -0.507 e. The summed E-state index contributed by atoms with van der Waals surface area (Å²) < 4.78 is 0.876. The highest BCUT2D eigenvalue weighted by molar-refractivity contribution is 9.10. The van der Waals surface area contributed by atoms with Gasteiger partial charge in [0.05, 0.1) is 11.6 Å². The summed E-state index contributed by atoms with van der Waals surface area (Å²) >= 11 is 3.42. The number of unbranched alkanes of at least 4 members (excludes halogenated alkanes) is 2. The van der Waals surface area contributed by atoms with E-state index >= 15 is 0 Å². The summed E-state index contributed by atoms with van der Waals surface area (Å²) in [5, 5.41) is 11.3. The fourth-order valence-corrected chi connectivity index (χ4v) is 5.11. The molecule has 0 saturated carbocycles. The Morgan fingerprint density at radius 1 is 0.919 bits per heavy atom. The Kier molecular flexibility index (Phi) is 11.0. The predicted molar refractivity (Wildman–Crippen MR) is 155 cm³/mol. The zero-order chi connectivity index (χ0) is 26.9. The van der Waals surface area contributed by atoms with Gasteiger partial charge in [-0.25, -0.2) is 0 Å². The summed E-state index contributed by atoms with van der Waals surface area (Å²) in [5.41, 5.74) is 2.72. The lowest BCUT2D eigenvalue weighted by molar-refractivity contribution is -0.140. The van der Waals surface area contributed by atoms with E-state index < -0.39 is 17.7 Å². The van der Waals surface area contributed by atoms with E-state index in [1.165, 1.54) is 5.56 Å². The van der Waals surface area contributed by atoms with E-state index in [-0.39, 0.29) is 11.3 Å². The summed E-state index contributed by atoms with van der Waals surface area (Å²) in [6, 6.07) is 14.6. The molecule has 6 heteroatoms. The van der Waals surface area contributed by atoms with E-state index in [9.17, 15) is 14.7 Å². The summed E-state index contributed by atoms with van der Waals surface area (Å²) in [5.74, 6) is -0.906. The molecule has 0 aliphatic carbocycles. The van der Waals surface area contributed by atoms with Gasteiger partial charge < -0.3 is 14.9 Å². The van der Waals surface area contributed by atoms with Crippen LogP contribution in [0.2, 0.25) is 0 Å². The van der Waals surface area contributed by atoms with Gasteiger partial charge in [-0.2, -0.15) is 0 Å². The molecule has 5 nitrogen and oxygen atoms in total. The topological polar surface area (TPSA) is 60.9 Å². The molecule has 200 valence electrons. The maximum absolute atomic E-state index is 13.3. The molecule has 2 aromatic rings. The van der Waals surface area contributed by atoms with Crippen molar-refractivity contribution in [3.8, 4) is 0 Å². The van der Waals surface area contributed by atoms with Gasteiger partial charge in [0.1, 0.15) is 5.76 Å². The molecule has 0 spiro atoms. The van der Waals surface area contributed by atoms with Crippen LogP contribution >= 0.6 is 15.9 Å². The maximum atomic E-state index is 13.3. The van der Waals surface area contributed by atoms with Crippen LogP contribution in [-0.2, 0) is 9.59 Å². The molecule has 0 bridgehead atoms. The Labute approximate surface area is 230 Å². The highest BCUT2D eigenvalue weighted by Crippen LogP contribution is 2.40. The monoisotopic (exact) mass is 568 g/mol. The Morgan fingerprint density at radius 2 is 1.49 bits per heavy atom. The van der Waals surface area contributed by atoms with Gasteiger partial charge in [0.2, 0.25) is 0 Å². The predicted octanol–water partition coefficient (Wildman–Crippen LogP) is 7.29. The van der Waals surface area contributed by atoms with Crippen LogP contribution in [0.4, 0.5) is 0 Å². The van der Waals surface area contributed by atoms with E-state index in [1.54, 1.807) is 17.0 Å². The van der Waals surface area contributed by atoms with Crippen LogP contribution in [-0.4, -0.2) is 52.8 Å². The van der Waals surface area contributed by atoms with Crippen molar-refractivity contribution < 1.29 is 14.7 Å². The SMILES string of the molecule is CCCCN(CCCC)CCCN1C(=O)C(=O)C(=C(O)c2ccc(Br)cc2)[C@H]1c1ccc(C(C)C)cc1. The summed E-state index contributed by atoms with van der Waals surface area (Å²) in [7, 11) is 0. The Balaban J connectivity index is 1.93. The number of likely N-dealkylation sites (tertiary alicyclic amines) is 1. The van der Waals surface area contributed by atoms with Gasteiger partial charge in [-0.1, -0.05) is 92.9 Å². The third kappa shape index (κ3) is 7.32. The Bertz CT molecular complexity index is 1070. The van der Waals surface area contributed by atoms with Crippen LogP contribution < -0.4 is 0 Å². The van der Waals surface area contributed by atoms with Gasteiger partial charge in [0.15, 0.2) is 0 Å². The zero-order valence-corrected chi connectivity index (χ0v) is 24.3. The lowest BCUT2D eigenvalue weighted by Gasteiger charge is -2.27. The number of hydrogen-bond acceptors (Lipinski definition) is 4. The van der Waals surface area contributed by atoms with E-state index in [4.69, 9.17) is 0 Å². The quantitative estimate of drug-likeness (QED) is 0.156. The number of hydrogen-bond donors (Lipinski definition) is 1. The van der Waals surface area contributed by atoms with E-state index in [1.807, 2.05) is 24.3 Å². The number of aliphatic hydroxyl groups excluding tert-OH is 1. The summed E-state index contributed by atoms with van der Waals surface area (Å²) in [4.78, 5) is 30.7. The fourth-order valence-electron chi connectivity index (χ4n) is 4.85. The first-order valence-electron chi connectivity index (χ1n) is 13.6. The molecule has 1 aliphatic heterocycles. The molecule has 0 aromatic heterocycles. The van der Waals surface area contributed by atoms with Crippen molar-refractivity contribution in [2.45, 2.75) is 71.8 Å². The second kappa shape index (κ2) is 13.9. The molecule has 1 saturated heterocycles. The molecule has 1 N–H and O–H groups in total. The van der Waals surface area contributed by atoms with Gasteiger partial charge in [0, 0.05) is 16.6 Å². The number of benzene rings is 2. The highest BCUT2D eigenvalue weighted by Gasteiger charge is 2.45. The van der Waals surface area contributed by atoms with Gasteiger partial charge in [-0.3, -0.25) is 9.59 Å². The molecule has 1 fully saturated rings. The zero-order valence-electron chi connectivity index (χ0n) is 22.7. The average molecular weight is 570 g/mol. The molecule has 1 amide bonds. The molecule has 1 heterocycles. The number of rotatable bonds is 13. The Hall–Kier alpha value is -2.44. The van der Waals surface area contributed by atoms with E-state index in [2.05, 4.69) is 60.7 Å². The van der Waals surface area contributed by atoms with Crippen molar-refractivity contribution >= 4 is 33.4 Å². The molecule has 0 unspecified atom stereocenters. The van der Waals surface area contributed by atoms with Crippen molar-refractivity contribution in [1.29, 1.82) is 0 Å². The van der Waals surface area contributed by atoms with E-state index in [0.29, 0.717) is 18.0 Å². The standard InChI is InChI=1S/C31H41BrN2O3/c1-5-7-18-33(19-8-6-2)20-9-21-34-28(24-12-10-23(11-13-24)22(3)4)27(30(36)31(34)37)29(35)25-14-16-26(32)17-15-25/h10-17,22,28,35H,5-9,18-21H2,1-4H3/t28-/m1/s1. The molecular weight excluding hydrogens is 528 g/mol. The average Bonchev–Trinajstić information content (AvgIpc) is 3.15. The molecule has 1 aliphatic rings. The van der Waals surface area contributed by atoms with Crippen LogP contribution in [0, 0.1) is 0 Å². The summed E-state index contributed by atoms with van der Waals surface area (Å²) in [6.45, 7) is 12.1. The molecule has 37 heavy (non-hydrogen) atoms. The molecular formula is C31H41BrN2O3. The van der Waals surface area contributed by atoms with Gasteiger partial charge in [0.25, 0.3) is 11.7 Å². The van der Waals surface area contributed by atoms with Gasteiger partial charge >= 0.3 is 0 Å². The van der Waals surface area contributed by atoms with Crippen LogP contribution in [0.3, 0.4) is 0 Å². The number of halogens is 1. The number of carbonyl (C=O) groups is 2. The molecule has 2 aromatic carbocycles. The molecule has 0 radical (unpaired) electrons. The van der Waals surface area contributed by atoms with Crippen molar-refractivity contribution in [1.82, 2.24) is 9.80 Å². The number of nitrogens with zero attached hydrogens (tertiary/aromatic N) is 2. The van der Waals surface area contributed by atoms with Gasteiger partial charge in [-0.05, 0) is 68.1 Å². The van der Waals surface area contributed by atoms with Gasteiger partial charge in [-0.15, -0.1) is 0 Å².